The average Bonchev–Trinajstić information content (AvgIpc) is 3.88. The van der Waals surface area contributed by atoms with Crippen molar-refractivity contribution in [2.24, 2.45) is 0 Å². The molecule has 10 nitrogen and oxygen atoms in total. The lowest BCUT2D eigenvalue weighted by molar-refractivity contribution is 0.0219. The van der Waals surface area contributed by atoms with E-state index in [1.165, 1.54) is 12.1 Å². The molecule has 0 atom stereocenters. The minimum atomic E-state index is -0.238. The zero-order valence-electron chi connectivity index (χ0n) is 29.8. The number of aryl methyl sites for hydroxylation is 1. The Morgan fingerprint density at radius 3 is 1.51 bits per heavy atom. The van der Waals surface area contributed by atoms with Gasteiger partial charge in [-0.25, -0.2) is 18.4 Å². The van der Waals surface area contributed by atoms with Gasteiger partial charge in [-0.2, -0.15) is 0 Å². The summed E-state index contributed by atoms with van der Waals surface area (Å²) in [6.07, 6.45) is 11.1. The Morgan fingerprint density at radius 2 is 1.06 bits per heavy atom. The SMILES string of the molecule is CCc1cc2c(cc1F)[nH]c(=O)n2C1CCN(C2CCOCC2)CC1.O=c1[nH]c2cc(F)c(C3CC3)cc2n1C1CCN(C2CCOCC2)CC1. The van der Waals surface area contributed by atoms with Crippen LogP contribution in [0.5, 0.6) is 0 Å². The molecule has 0 amide bonds. The molecule has 2 aromatic carbocycles. The maximum atomic E-state index is 14.3. The predicted octanol–water partition coefficient (Wildman–Crippen LogP) is 6.01. The summed E-state index contributed by atoms with van der Waals surface area (Å²) in [7, 11) is 0. The number of H-pyrrole nitrogens is 2. The number of imidazole rings is 2. The molecular formula is C39H52F2N6O4. The number of nitrogens with one attached hydrogen (secondary N) is 2. The third-order valence-electron chi connectivity index (χ3n) is 12.3. The maximum absolute atomic E-state index is 14.3. The predicted molar refractivity (Wildman–Crippen MR) is 194 cm³/mol. The summed E-state index contributed by atoms with van der Waals surface area (Å²) in [6, 6.07) is 8.37. The van der Waals surface area contributed by atoms with E-state index in [1.807, 2.05) is 28.2 Å². The number of nitrogens with zero attached hydrogens (tertiary/aromatic N) is 4. The van der Waals surface area contributed by atoms with Crippen LogP contribution in [0.2, 0.25) is 0 Å². The van der Waals surface area contributed by atoms with Gasteiger partial charge in [-0.05, 0) is 112 Å². The van der Waals surface area contributed by atoms with Crippen LogP contribution in [0, 0.1) is 11.6 Å². The van der Waals surface area contributed by atoms with Gasteiger partial charge in [-0.15, -0.1) is 0 Å². The summed E-state index contributed by atoms with van der Waals surface area (Å²) in [6.45, 7) is 9.44. The molecule has 0 bridgehead atoms. The molecule has 51 heavy (non-hydrogen) atoms. The number of benzene rings is 2. The minimum absolute atomic E-state index is 0.100. The molecule has 0 radical (unpaired) electrons. The highest BCUT2D eigenvalue weighted by Crippen LogP contribution is 2.42. The van der Waals surface area contributed by atoms with Gasteiger partial charge in [0.1, 0.15) is 11.6 Å². The Bertz CT molecular complexity index is 1930. The monoisotopic (exact) mass is 706 g/mol. The van der Waals surface area contributed by atoms with E-state index in [0.717, 1.165) is 133 Å². The second-order valence-corrected chi connectivity index (χ2v) is 15.3. The molecule has 12 heteroatoms. The first-order valence-corrected chi connectivity index (χ1v) is 19.4. The van der Waals surface area contributed by atoms with Gasteiger partial charge in [0.05, 0.1) is 22.1 Å². The lowest BCUT2D eigenvalue weighted by atomic mass is 9.99. The summed E-state index contributed by atoms with van der Waals surface area (Å²) in [5.41, 5.74) is 4.18. The van der Waals surface area contributed by atoms with Gasteiger partial charge in [-0.1, -0.05) is 6.92 Å². The Labute approximate surface area is 297 Å². The second-order valence-electron chi connectivity index (χ2n) is 15.3. The Balaban J connectivity index is 0.000000147. The van der Waals surface area contributed by atoms with E-state index in [-0.39, 0.29) is 35.1 Å². The molecule has 276 valence electrons. The fourth-order valence-corrected chi connectivity index (χ4v) is 9.17. The fraction of sp³-hybridized carbons (Fsp3) is 0.641. The van der Waals surface area contributed by atoms with Crippen LogP contribution >= 0.6 is 0 Å². The van der Waals surface area contributed by atoms with Crippen molar-refractivity contribution < 1.29 is 18.3 Å². The molecular weight excluding hydrogens is 654 g/mol. The second kappa shape index (κ2) is 15.0. The molecule has 5 aliphatic rings. The highest BCUT2D eigenvalue weighted by atomic mass is 19.1. The number of hydrogen-bond donors (Lipinski definition) is 2. The number of likely N-dealkylation sites (tertiary alicyclic amines) is 2. The molecule has 6 heterocycles. The number of hydrogen-bond acceptors (Lipinski definition) is 6. The van der Waals surface area contributed by atoms with Crippen molar-refractivity contribution in [3.63, 3.8) is 0 Å². The van der Waals surface area contributed by atoms with Crippen molar-refractivity contribution in [2.45, 2.75) is 108 Å². The molecule has 4 aromatic rings. The van der Waals surface area contributed by atoms with Gasteiger partial charge >= 0.3 is 11.4 Å². The smallest absolute Gasteiger partial charge is 0.326 e. The fourth-order valence-electron chi connectivity index (χ4n) is 9.17. The van der Waals surface area contributed by atoms with Crippen LogP contribution in [0.4, 0.5) is 8.78 Å². The Hall–Kier alpha value is -3.32. The van der Waals surface area contributed by atoms with Crippen LogP contribution in [0.25, 0.3) is 22.1 Å². The van der Waals surface area contributed by atoms with Crippen LogP contribution in [-0.4, -0.2) is 93.6 Å². The molecule has 0 spiro atoms. The third-order valence-corrected chi connectivity index (χ3v) is 12.3. The molecule has 4 saturated heterocycles. The van der Waals surface area contributed by atoms with Crippen molar-refractivity contribution in [3.05, 3.63) is 68.0 Å². The molecule has 1 aliphatic carbocycles. The van der Waals surface area contributed by atoms with Gasteiger partial charge in [0.15, 0.2) is 0 Å². The summed E-state index contributed by atoms with van der Waals surface area (Å²) < 4.78 is 43.0. The van der Waals surface area contributed by atoms with Crippen molar-refractivity contribution >= 4 is 22.1 Å². The van der Waals surface area contributed by atoms with Crippen LogP contribution in [0.3, 0.4) is 0 Å². The summed E-state index contributed by atoms with van der Waals surface area (Å²) in [5.74, 6) is -0.0753. The van der Waals surface area contributed by atoms with Gasteiger partial charge in [0, 0.05) is 76.8 Å². The van der Waals surface area contributed by atoms with Gasteiger partial charge in [-0.3, -0.25) is 9.13 Å². The average molecular weight is 707 g/mol. The van der Waals surface area contributed by atoms with E-state index in [0.29, 0.717) is 41.0 Å². The van der Waals surface area contributed by atoms with E-state index >= 15 is 0 Å². The Morgan fingerprint density at radius 1 is 0.608 bits per heavy atom. The van der Waals surface area contributed by atoms with Crippen molar-refractivity contribution in [1.82, 2.24) is 28.9 Å². The van der Waals surface area contributed by atoms with E-state index in [1.54, 1.807) is 0 Å². The van der Waals surface area contributed by atoms with Crippen LogP contribution in [0.15, 0.2) is 33.9 Å². The summed E-state index contributed by atoms with van der Waals surface area (Å²) in [4.78, 5) is 35.9. The zero-order valence-corrected chi connectivity index (χ0v) is 29.8. The molecule has 2 aromatic heterocycles. The maximum Gasteiger partial charge on any atom is 0.326 e. The molecule has 9 rings (SSSR count). The van der Waals surface area contributed by atoms with E-state index in [4.69, 9.17) is 9.47 Å². The number of halogens is 2. The first kappa shape index (κ1) is 34.7. The van der Waals surface area contributed by atoms with Gasteiger partial charge < -0.3 is 29.2 Å². The molecule has 1 saturated carbocycles. The van der Waals surface area contributed by atoms with E-state index in [9.17, 15) is 18.4 Å². The summed E-state index contributed by atoms with van der Waals surface area (Å²) in [5, 5.41) is 0. The molecule has 5 fully saturated rings. The largest absolute Gasteiger partial charge is 0.381 e. The van der Waals surface area contributed by atoms with E-state index < -0.39 is 0 Å². The Kier molecular flexibility index (Phi) is 10.2. The molecule has 0 unspecified atom stereocenters. The summed E-state index contributed by atoms with van der Waals surface area (Å²) >= 11 is 0. The van der Waals surface area contributed by atoms with Gasteiger partial charge in [0.2, 0.25) is 0 Å². The minimum Gasteiger partial charge on any atom is -0.381 e. The van der Waals surface area contributed by atoms with Crippen LogP contribution in [0.1, 0.15) is 100 Å². The number of aromatic amines is 2. The van der Waals surface area contributed by atoms with Crippen LogP contribution in [-0.2, 0) is 15.9 Å². The topological polar surface area (TPSA) is 101 Å². The van der Waals surface area contributed by atoms with E-state index in [2.05, 4.69) is 19.8 Å². The third kappa shape index (κ3) is 7.21. The normalized spacial score (nSPS) is 22.5. The standard InChI is InChI=1S/C20H26FN3O2.C19H26FN3O2/c21-17-12-18-19(11-16(17)13-1-2-13)24(20(25)22-18)15-3-7-23(8-4-15)14-5-9-26-10-6-14;1-2-13-11-18-17(12-16(13)20)21-19(24)23(18)15-3-7-22(8-4-15)14-5-9-25-10-6-14/h11-15H,1-10H2,(H,22,25);11-12,14-15H,2-10H2,1H3,(H,21,24). The number of piperidine rings is 2. The quantitative estimate of drug-likeness (QED) is 0.255. The zero-order chi connectivity index (χ0) is 35.1. The number of ether oxygens (including phenoxy) is 2. The van der Waals surface area contributed by atoms with Crippen molar-refractivity contribution in [3.8, 4) is 0 Å². The number of fused-ring (bicyclic) bond motifs is 2. The molecule has 2 N–H and O–H groups in total. The van der Waals surface area contributed by atoms with Gasteiger partial charge in [0.25, 0.3) is 0 Å². The van der Waals surface area contributed by atoms with Crippen molar-refractivity contribution in [2.75, 3.05) is 52.6 Å². The lowest BCUT2D eigenvalue weighted by Gasteiger charge is -2.39. The van der Waals surface area contributed by atoms with Crippen LogP contribution < -0.4 is 11.4 Å². The first-order chi connectivity index (χ1) is 24.9. The number of rotatable bonds is 6. The highest BCUT2D eigenvalue weighted by Gasteiger charge is 2.32. The molecule has 4 aliphatic heterocycles. The number of aromatic nitrogens is 4. The highest BCUT2D eigenvalue weighted by molar-refractivity contribution is 5.77. The lowest BCUT2D eigenvalue weighted by Crippen LogP contribution is -2.45. The van der Waals surface area contributed by atoms with Crippen molar-refractivity contribution in [1.29, 1.82) is 0 Å². The first-order valence-electron chi connectivity index (χ1n) is 19.4.